The van der Waals surface area contributed by atoms with Crippen LogP contribution in [0.1, 0.15) is 27.2 Å². The first-order valence-electron chi connectivity index (χ1n) is 6.35. The van der Waals surface area contributed by atoms with E-state index in [2.05, 4.69) is 4.74 Å². The highest BCUT2D eigenvalue weighted by Gasteiger charge is 2.22. The molecule has 0 heterocycles. The van der Waals surface area contributed by atoms with Crippen LogP contribution in [0.2, 0.25) is 0 Å². The number of methoxy groups -OCH3 is 1. The van der Waals surface area contributed by atoms with Gasteiger partial charge in [-0.3, -0.25) is 4.79 Å². The molecule has 0 saturated heterocycles. The van der Waals surface area contributed by atoms with Crippen molar-refractivity contribution in [3.05, 3.63) is 0 Å². The highest BCUT2D eigenvalue weighted by atomic mass is 16.6. The lowest BCUT2D eigenvalue weighted by Crippen LogP contribution is -2.41. The Hall–Kier alpha value is -1.30. The summed E-state index contributed by atoms with van der Waals surface area (Å²) in [6.07, 6.45) is -0.235. The van der Waals surface area contributed by atoms with Crippen molar-refractivity contribution in [2.24, 2.45) is 0 Å². The molecule has 0 aromatic carbocycles. The Morgan fingerprint density at radius 3 is 2.05 bits per heavy atom. The molecule has 0 unspecified atom stereocenters. The number of carbonyl (C=O) groups is 2. The van der Waals surface area contributed by atoms with E-state index in [4.69, 9.17) is 4.74 Å². The van der Waals surface area contributed by atoms with Gasteiger partial charge in [-0.2, -0.15) is 0 Å². The number of amides is 1. The van der Waals surface area contributed by atoms with Crippen LogP contribution in [0.3, 0.4) is 0 Å². The third-order valence-electron chi connectivity index (χ3n) is 2.28. The third-order valence-corrected chi connectivity index (χ3v) is 2.28. The van der Waals surface area contributed by atoms with Crippen LogP contribution < -0.4 is 0 Å². The van der Waals surface area contributed by atoms with Gasteiger partial charge in [-0.15, -0.1) is 0 Å². The largest absolute Gasteiger partial charge is 0.469 e. The summed E-state index contributed by atoms with van der Waals surface area (Å²) in [6, 6.07) is 0. The van der Waals surface area contributed by atoms with Crippen molar-refractivity contribution in [1.82, 2.24) is 9.80 Å². The molecule has 0 radical (unpaired) electrons. The van der Waals surface area contributed by atoms with Gasteiger partial charge in [0.1, 0.15) is 5.60 Å². The normalized spacial score (nSPS) is 11.3. The number of esters is 1. The van der Waals surface area contributed by atoms with E-state index < -0.39 is 11.7 Å². The summed E-state index contributed by atoms with van der Waals surface area (Å²) >= 11 is 0. The Bertz CT molecular complexity index is 298. The lowest BCUT2D eigenvalue weighted by atomic mass is 10.2. The number of nitrogens with zero attached hydrogens (tertiary/aromatic N) is 2. The van der Waals surface area contributed by atoms with Crippen molar-refractivity contribution < 1.29 is 19.1 Å². The lowest BCUT2D eigenvalue weighted by Gasteiger charge is -2.28. The number of rotatable bonds is 6. The monoisotopic (exact) mass is 274 g/mol. The van der Waals surface area contributed by atoms with Gasteiger partial charge < -0.3 is 19.3 Å². The SMILES string of the molecule is COC(=O)CCN(CCN(C)C)C(=O)OC(C)(C)C. The molecular weight excluding hydrogens is 248 g/mol. The predicted molar refractivity (Wildman–Crippen MR) is 73.0 cm³/mol. The minimum atomic E-state index is -0.543. The van der Waals surface area contributed by atoms with Crippen LogP contribution in [-0.2, 0) is 14.3 Å². The lowest BCUT2D eigenvalue weighted by molar-refractivity contribution is -0.140. The molecule has 0 spiro atoms. The first kappa shape index (κ1) is 17.7. The van der Waals surface area contributed by atoms with E-state index >= 15 is 0 Å². The highest BCUT2D eigenvalue weighted by molar-refractivity contribution is 5.72. The minimum Gasteiger partial charge on any atom is -0.469 e. The minimum absolute atomic E-state index is 0.170. The van der Waals surface area contributed by atoms with Crippen LogP contribution in [0.15, 0.2) is 0 Å². The molecule has 112 valence electrons. The Balaban J connectivity index is 4.47. The average molecular weight is 274 g/mol. The number of ether oxygens (including phenoxy) is 2. The second-order valence-electron chi connectivity index (χ2n) is 5.60. The summed E-state index contributed by atoms with van der Waals surface area (Å²) < 4.78 is 9.89. The molecule has 0 saturated carbocycles. The third kappa shape index (κ3) is 9.30. The van der Waals surface area contributed by atoms with Gasteiger partial charge in [-0.1, -0.05) is 0 Å². The molecule has 6 nitrogen and oxygen atoms in total. The molecule has 0 aliphatic rings. The fourth-order valence-corrected chi connectivity index (χ4v) is 1.27. The van der Waals surface area contributed by atoms with Crippen molar-refractivity contribution in [3.63, 3.8) is 0 Å². The van der Waals surface area contributed by atoms with Crippen LogP contribution in [0.25, 0.3) is 0 Å². The van der Waals surface area contributed by atoms with E-state index in [1.54, 1.807) is 0 Å². The summed E-state index contributed by atoms with van der Waals surface area (Å²) in [6.45, 7) is 6.97. The number of hydrogen-bond acceptors (Lipinski definition) is 5. The molecule has 0 atom stereocenters. The summed E-state index contributed by atoms with van der Waals surface area (Å²) in [7, 11) is 5.18. The van der Waals surface area contributed by atoms with E-state index in [0.29, 0.717) is 19.6 Å². The molecule has 0 N–H and O–H groups in total. The molecule has 0 aliphatic carbocycles. The van der Waals surface area contributed by atoms with E-state index in [9.17, 15) is 9.59 Å². The van der Waals surface area contributed by atoms with Gasteiger partial charge in [0, 0.05) is 19.6 Å². The van der Waals surface area contributed by atoms with Crippen molar-refractivity contribution in [1.29, 1.82) is 0 Å². The van der Waals surface area contributed by atoms with Gasteiger partial charge in [-0.05, 0) is 34.9 Å². The molecule has 19 heavy (non-hydrogen) atoms. The standard InChI is InChI=1S/C13H26N2O4/c1-13(2,3)19-12(17)15(10-9-14(4)5)8-7-11(16)18-6/h7-10H2,1-6H3. The summed E-state index contributed by atoms with van der Waals surface area (Å²) in [5.41, 5.74) is -0.543. The van der Waals surface area contributed by atoms with E-state index in [0.717, 1.165) is 0 Å². The van der Waals surface area contributed by atoms with Crippen molar-refractivity contribution >= 4 is 12.1 Å². The van der Waals surface area contributed by atoms with E-state index in [-0.39, 0.29) is 12.4 Å². The molecule has 0 rings (SSSR count). The molecule has 0 aromatic rings. The van der Waals surface area contributed by atoms with Gasteiger partial charge in [0.15, 0.2) is 0 Å². The molecule has 0 fully saturated rings. The maximum absolute atomic E-state index is 12.0. The van der Waals surface area contributed by atoms with E-state index in [1.807, 2.05) is 39.8 Å². The summed E-state index contributed by atoms with van der Waals surface area (Å²) in [5, 5.41) is 0. The number of likely N-dealkylation sites (N-methyl/N-ethyl adjacent to an activating group) is 1. The Morgan fingerprint density at radius 2 is 1.63 bits per heavy atom. The second-order valence-corrected chi connectivity index (χ2v) is 5.60. The quantitative estimate of drug-likeness (QED) is 0.684. The zero-order valence-corrected chi connectivity index (χ0v) is 12.9. The molecule has 6 heteroatoms. The van der Waals surface area contributed by atoms with Crippen LogP contribution >= 0.6 is 0 Å². The molecule has 0 aromatic heterocycles. The van der Waals surface area contributed by atoms with Gasteiger partial charge >= 0.3 is 12.1 Å². The fourth-order valence-electron chi connectivity index (χ4n) is 1.27. The Kier molecular flexibility index (Phi) is 7.44. The van der Waals surface area contributed by atoms with Crippen LogP contribution in [0, 0.1) is 0 Å². The summed E-state index contributed by atoms with van der Waals surface area (Å²) in [5.74, 6) is -0.335. The average Bonchev–Trinajstić information content (AvgIpc) is 2.25. The Labute approximate surface area is 115 Å². The zero-order valence-electron chi connectivity index (χ0n) is 12.9. The maximum Gasteiger partial charge on any atom is 0.410 e. The van der Waals surface area contributed by atoms with Gasteiger partial charge in [0.05, 0.1) is 13.5 Å². The topological polar surface area (TPSA) is 59.1 Å². The van der Waals surface area contributed by atoms with Crippen molar-refractivity contribution in [2.45, 2.75) is 32.8 Å². The van der Waals surface area contributed by atoms with Gasteiger partial charge in [0.25, 0.3) is 0 Å². The second kappa shape index (κ2) is 7.99. The smallest absolute Gasteiger partial charge is 0.410 e. The first-order valence-corrected chi connectivity index (χ1v) is 6.35. The van der Waals surface area contributed by atoms with Crippen molar-refractivity contribution in [3.8, 4) is 0 Å². The van der Waals surface area contributed by atoms with Crippen molar-refractivity contribution in [2.75, 3.05) is 40.8 Å². The Morgan fingerprint density at radius 1 is 1.05 bits per heavy atom. The van der Waals surface area contributed by atoms with Gasteiger partial charge in [-0.25, -0.2) is 4.79 Å². The predicted octanol–water partition coefficient (Wildman–Crippen LogP) is 1.35. The van der Waals surface area contributed by atoms with E-state index in [1.165, 1.54) is 12.0 Å². The number of hydrogen-bond donors (Lipinski definition) is 0. The first-order chi connectivity index (χ1) is 8.65. The van der Waals surface area contributed by atoms with Crippen LogP contribution in [0.4, 0.5) is 4.79 Å². The van der Waals surface area contributed by atoms with Gasteiger partial charge in [0.2, 0.25) is 0 Å². The fraction of sp³-hybridized carbons (Fsp3) is 0.846. The van der Waals surface area contributed by atoms with Crippen LogP contribution in [0.5, 0.6) is 0 Å². The number of carbonyl (C=O) groups excluding carboxylic acids is 2. The van der Waals surface area contributed by atoms with Crippen LogP contribution in [-0.4, -0.2) is 68.3 Å². The molecule has 1 amide bonds. The molecule has 0 bridgehead atoms. The molecule has 0 aliphatic heterocycles. The zero-order chi connectivity index (χ0) is 15.1. The molecular formula is C13H26N2O4. The summed E-state index contributed by atoms with van der Waals surface area (Å²) in [4.78, 5) is 26.7. The highest BCUT2D eigenvalue weighted by Crippen LogP contribution is 2.10. The maximum atomic E-state index is 12.0.